The Bertz CT molecular complexity index is 667. The summed E-state index contributed by atoms with van der Waals surface area (Å²) in [7, 11) is 1.96. The van der Waals surface area contributed by atoms with Gasteiger partial charge in [-0.05, 0) is 37.7 Å². The first kappa shape index (κ1) is 14.0. The molecule has 104 valence electrons. The summed E-state index contributed by atoms with van der Waals surface area (Å²) >= 11 is 5.28. The van der Waals surface area contributed by atoms with Gasteiger partial charge in [0.05, 0.1) is 5.52 Å². The molecule has 0 radical (unpaired) electrons. The van der Waals surface area contributed by atoms with Crippen LogP contribution in [0, 0.1) is 10.7 Å². The molecular formula is C13H20N4OS. The maximum Gasteiger partial charge on any atom is 0.276 e. The molecule has 0 bridgehead atoms. The molecule has 0 saturated heterocycles. The summed E-state index contributed by atoms with van der Waals surface area (Å²) in [6.45, 7) is 5.14. The lowest BCUT2D eigenvalue weighted by molar-refractivity contribution is 0.399. The molecule has 0 aliphatic rings. The summed E-state index contributed by atoms with van der Waals surface area (Å²) in [5.74, 6) is 0.607. The summed E-state index contributed by atoms with van der Waals surface area (Å²) in [5, 5.41) is 3.31. The minimum atomic E-state index is -0.161. The SMILES string of the molecule is CN[C@@H](CC(C)C)Cn1c(=S)[nH]c(=O)c2[nH]ccc21. The van der Waals surface area contributed by atoms with Crippen molar-refractivity contribution in [1.29, 1.82) is 0 Å². The van der Waals surface area contributed by atoms with E-state index in [1.807, 2.05) is 17.7 Å². The fourth-order valence-corrected chi connectivity index (χ4v) is 2.62. The van der Waals surface area contributed by atoms with Crippen LogP contribution in [0.15, 0.2) is 17.1 Å². The average molecular weight is 280 g/mol. The third kappa shape index (κ3) is 2.96. The van der Waals surface area contributed by atoms with Crippen LogP contribution in [0.3, 0.4) is 0 Å². The van der Waals surface area contributed by atoms with Gasteiger partial charge in [0, 0.05) is 18.8 Å². The zero-order chi connectivity index (χ0) is 14.0. The second kappa shape index (κ2) is 5.71. The largest absolute Gasteiger partial charge is 0.355 e. The first-order chi connectivity index (χ1) is 9.02. The normalized spacial score (nSPS) is 13.3. The van der Waals surface area contributed by atoms with Gasteiger partial charge in [0.15, 0.2) is 4.77 Å². The predicted molar refractivity (Wildman–Crippen MR) is 80.0 cm³/mol. The predicted octanol–water partition coefficient (Wildman–Crippen LogP) is 2.02. The summed E-state index contributed by atoms with van der Waals surface area (Å²) in [4.78, 5) is 17.4. The van der Waals surface area contributed by atoms with Crippen molar-refractivity contribution < 1.29 is 0 Å². The van der Waals surface area contributed by atoms with Gasteiger partial charge in [0.1, 0.15) is 5.52 Å². The second-order valence-corrected chi connectivity index (χ2v) is 5.61. The van der Waals surface area contributed by atoms with E-state index in [0.29, 0.717) is 22.2 Å². The molecule has 2 heterocycles. The molecule has 0 fully saturated rings. The summed E-state index contributed by atoms with van der Waals surface area (Å²) < 4.78 is 2.45. The van der Waals surface area contributed by atoms with Crippen molar-refractivity contribution in [3.05, 3.63) is 27.4 Å². The Balaban J connectivity index is 2.42. The Morgan fingerprint density at radius 2 is 2.21 bits per heavy atom. The molecule has 1 atom stereocenters. The van der Waals surface area contributed by atoms with Crippen molar-refractivity contribution in [3.63, 3.8) is 0 Å². The lowest BCUT2D eigenvalue weighted by Crippen LogP contribution is -2.32. The zero-order valence-electron chi connectivity index (χ0n) is 11.5. The van der Waals surface area contributed by atoms with E-state index in [-0.39, 0.29) is 5.56 Å². The molecule has 2 rings (SSSR count). The third-order valence-electron chi connectivity index (χ3n) is 3.28. The summed E-state index contributed by atoms with van der Waals surface area (Å²) in [6, 6.07) is 2.22. The number of rotatable bonds is 5. The number of hydrogen-bond acceptors (Lipinski definition) is 3. The molecule has 6 heteroatoms. The molecule has 19 heavy (non-hydrogen) atoms. The molecule has 2 aromatic rings. The topological polar surface area (TPSA) is 65.6 Å². The lowest BCUT2D eigenvalue weighted by atomic mass is 10.0. The van der Waals surface area contributed by atoms with Gasteiger partial charge in [-0.1, -0.05) is 13.8 Å². The van der Waals surface area contributed by atoms with Crippen LogP contribution in [-0.4, -0.2) is 27.6 Å². The lowest BCUT2D eigenvalue weighted by Gasteiger charge is -2.20. The Morgan fingerprint density at radius 1 is 1.47 bits per heavy atom. The minimum absolute atomic E-state index is 0.161. The number of nitrogens with zero attached hydrogens (tertiary/aromatic N) is 1. The molecule has 0 unspecified atom stereocenters. The third-order valence-corrected chi connectivity index (χ3v) is 3.60. The van der Waals surface area contributed by atoms with Gasteiger partial charge in [0.2, 0.25) is 0 Å². The highest BCUT2D eigenvalue weighted by atomic mass is 32.1. The minimum Gasteiger partial charge on any atom is -0.355 e. The smallest absolute Gasteiger partial charge is 0.276 e. The maximum atomic E-state index is 11.8. The monoisotopic (exact) mass is 280 g/mol. The number of hydrogen-bond donors (Lipinski definition) is 3. The van der Waals surface area contributed by atoms with Crippen molar-refractivity contribution in [2.45, 2.75) is 32.9 Å². The van der Waals surface area contributed by atoms with Crippen molar-refractivity contribution in [3.8, 4) is 0 Å². The van der Waals surface area contributed by atoms with E-state index >= 15 is 0 Å². The molecule has 3 N–H and O–H groups in total. The van der Waals surface area contributed by atoms with Crippen molar-refractivity contribution in [2.24, 2.45) is 5.92 Å². The van der Waals surface area contributed by atoms with Gasteiger partial charge in [0.25, 0.3) is 5.56 Å². The van der Waals surface area contributed by atoms with E-state index in [2.05, 4.69) is 29.1 Å². The van der Waals surface area contributed by atoms with Gasteiger partial charge in [-0.2, -0.15) is 0 Å². The van der Waals surface area contributed by atoms with E-state index in [1.165, 1.54) is 0 Å². The van der Waals surface area contributed by atoms with Gasteiger partial charge < -0.3 is 14.9 Å². The van der Waals surface area contributed by atoms with Crippen LogP contribution >= 0.6 is 12.2 Å². The van der Waals surface area contributed by atoms with E-state index in [9.17, 15) is 4.79 Å². The van der Waals surface area contributed by atoms with E-state index < -0.39 is 0 Å². The molecule has 5 nitrogen and oxygen atoms in total. The highest BCUT2D eigenvalue weighted by Gasteiger charge is 2.13. The van der Waals surface area contributed by atoms with E-state index in [1.54, 1.807) is 6.20 Å². The summed E-state index contributed by atoms with van der Waals surface area (Å²) in [5.41, 5.74) is 1.27. The Hall–Kier alpha value is -1.40. The van der Waals surface area contributed by atoms with Gasteiger partial charge in [-0.15, -0.1) is 0 Å². The van der Waals surface area contributed by atoms with E-state index in [0.717, 1.165) is 18.5 Å². The number of aromatic amines is 2. The molecule has 0 aliphatic carbocycles. The van der Waals surface area contributed by atoms with Crippen LogP contribution < -0.4 is 10.9 Å². The number of likely N-dealkylation sites (N-methyl/N-ethyl adjacent to an activating group) is 1. The summed E-state index contributed by atoms with van der Waals surface area (Å²) in [6.07, 6.45) is 2.82. The maximum absolute atomic E-state index is 11.8. The van der Waals surface area contributed by atoms with Crippen LogP contribution in [0.1, 0.15) is 20.3 Å². The Labute approximate surface area is 117 Å². The molecule has 2 aromatic heterocycles. The number of H-pyrrole nitrogens is 2. The standard InChI is InChI=1S/C13H20N4OS/c1-8(2)6-9(14-3)7-17-10-4-5-15-11(10)12(18)16-13(17)19/h4-5,8-9,14-15H,6-7H2,1-3H3,(H,16,18,19)/t9-/m0/s1. The second-order valence-electron chi connectivity index (χ2n) is 5.22. The van der Waals surface area contributed by atoms with Gasteiger partial charge in [-0.3, -0.25) is 9.78 Å². The van der Waals surface area contributed by atoms with Crippen LogP contribution in [0.4, 0.5) is 0 Å². The number of fused-ring (bicyclic) bond motifs is 1. The Kier molecular flexibility index (Phi) is 4.21. The van der Waals surface area contributed by atoms with Crippen molar-refractivity contribution in [1.82, 2.24) is 19.9 Å². The average Bonchev–Trinajstić information content (AvgIpc) is 2.81. The number of nitrogens with one attached hydrogen (secondary N) is 3. The van der Waals surface area contributed by atoms with Crippen molar-refractivity contribution in [2.75, 3.05) is 7.05 Å². The van der Waals surface area contributed by atoms with Crippen LogP contribution in [-0.2, 0) is 6.54 Å². The molecule has 0 spiro atoms. The number of aromatic nitrogens is 3. The van der Waals surface area contributed by atoms with Crippen LogP contribution in [0.5, 0.6) is 0 Å². The fourth-order valence-electron chi connectivity index (χ4n) is 2.36. The van der Waals surface area contributed by atoms with Gasteiger partial charge >= 0.3 is 0 Å². The highest BCUT2D eigenvalue weighted by molar-refractivity contribution is 7.71. The first-order valence-electron chi connectivity index (χ1n) is 6.50. The van der Waals surface area contributed by atoms with Crippen molar-refractivity contribution >= 4 is 23.3 Å². The molecule has 0 aromatic carbocycles. The van der Waals surface area contributed by atoms with Crippen LogP contribution in [0.2, 0.25) is 0 Å². The Morgan fingerprint density at radius 3 is 2.84 bits per heavy atom. The zero-order valence-corrected chi connectivity index (χ0v) is 12.3. The molecule has 0 amide bonds. The van der Waals surface area contributed by atoms with Gasteiger partial charge in [-0.25, -0.2) is 0 Å². The van der Waals surface area contributed by atoms with Crippen LogP contribution in [0.25, 0.3) is 11.0 Å². The molecule has 0 aliphatic heterocycles. The fraction of sp³-hybridized carbons (Fsp3) is 0.538. The molecule has 0 saturated carbocycles. The quantitative estimate of drug-likeness (QED) is 0.734. The highest BCUT2D eigenvalue weighted by Crippen LogP contribution is 2.12. The molecular weight excluding hydrogens is 260 g/mol. The van der Waals surface area contributed by atoms with E-state index in [4.69, 9.17) is 12.2 Å². The first-order valence-corrected chi connectivity index (χ1v) is 6.91.